The van der Waals surface area contributed by atoms with Gasteiger partial charge in [0.1, 0.15) is 30.0 Å². The molecule has 3 aliphatic heterocycles. The minimum absolute atomic E-state index is 0.117. The van der Waals surface area contributed by atoms with Gasteiger partial charge in [-0.1, -0.05) is 27.7 Å². The topological polar surface area (TPSA) is 184 Å². The number of ketones is 2. The molecule has 3 aliphatic rings. The number of nitrogens with zero attached hydrogens (tertiary/aromatic N) is 5. The molecule has 3 saturated heterocycles. The van der Waals surface area contributed by atoms with E-state index in [9.17, 15) is 24.3 Å². The molecule has 2 N–H and O–H groups in total. The average Bonchev–Trinajstić information content (AvgIpc) is 3.80. The van der Waals surface area contributed by atoms with Gasteiger partial charge in [-0.05, 0) is 72.7 Å². The molecule has 16 heteroatoms. The van der Waals surface area contributed by atoms with E-state index in [1.54, 1.807) is 53.3 Å². The number of aliphatic hydroxyl groups excluding tert-OH is 1. The van der Waals surface area contributed by atoms with Crippen molar-refractivity contribution in [3.8, 4) is 11.3 Å². The van der Waals surface area contributed by atoms with Crippen LogP contribution in [-0.4, -0.2) is 135 Å². The Morgan fingerprint density at radius 2 is 1.81 bits per heavy atom. The lowest BCUT2D eigenvalue weighted by Crippen LogP contribution is -2.59. The van der Waals surface area contributed by atoms with Crippen LogP contribution in [0.4, 0.5) is 4.79 Å². The second-order valence-corrected chi connectivity index (χ2v) is 16.4. The fraction of sp³-hybridized carbons (Fsp3) is 0.707. The monoisotopic (exact) mass is 798 g/mol. The maximum absolute atomic E-state index is 14.5. The van der Waals surface area contributed by atoms with Crippen LogP contribution in [-0.2, 0) is 44.6 Å². The van der Waals surface area contributed by atoms with Crippen LogP contribution in [0.2, 0.25) is 0 Å². The van der Waals surface area contributed by atoms with E-state index in [-0.39, 0.29) is 30.8 Å². The van der Waals surface area contributed by atoms with Crippen LogP contribution >= 0.6 is 0 Å². The van der Waals surface area contributed by atoms with Gasteiger partial charge in [0.2, 0.25) is 0 Å². The van der Waals surface area contributed by atoms with Gasteiger partial charge in [0.05, 0.1) is 29.8 Å². The third kappa shape index (κ3) is 9.74. The number of imidazole rings is 1. The number of ether oxygens (including phenoxy) is 5. The molecule has 316 valence electrons. The quantitative estimate of drug-likeness (QED) is 0.191. The summed E-state index contributed by atoms with van der Waals surface area (Å²) in [5, 5.41) is 12.8. The fourth-order valence-corrected chi connectivity index (χ4v) is 8.62. The second kappa shape index (κ2) is 18.9. The van der Waals surface area contributed by atoms with E-state index in [2.05, 4.69) is 15.4 Å². The Hall–Kier alpha value is -3.80. The normalized spacial score (nSPS) is 35.8. The molecule has 57 heavy (non-hydrogen) atoms. The number of methoxy groups -OCH3 is 1. The largest absolute Gasteiger partial charge is 0.458 e. The maximum atomic E-state index is 14.5. The molecule has 1 amide bonds. The molecule has 5 rings (SSSR count). The lowest BCUT2D eigenvalue weighted by Gasteiger charge is -2.46. The van der Waals surface area contributed by atoms with E-state index in [1.807, 2.05) is 48.8 Å². The van der Waals surface area contributed by atoms with Crippen LogP contribution in [0.15, 0.2) is 37.1 Å². The van der Waals surface area contributed by atoms with E-state index in [1.165, 1.54) is 19.0 Å². The summed E-state index contributed by atoms with van der Waals surface area (Å²) in [4.78, 5) is 66.7. The van der Waals surface area contributed by atoms with Crippen molar-refractivity contribution in [3.05, 3.63) is 37.1 Å². The highest BCUT2D eigenvalue weighted by Gasteiger charge is 2.54. The van der Waals surface area contributed by atoms with E-state index in [4.69, 9.17) is 23.7 Å². The number of likely N-dealkylation sites (N-methyl/N-ethyl adjacent to an activating group) is 1. The Labute approximate surface area is 335 Å². The number of fused-ring (bicyclic) bond motifs is 1. The predicted octanol–water partition coefficient (Wildman–Crippen LogP) is 3.65. The van der Waals surface area contributed by atoms with Crippen molar-refractivity contribution in [2.45, 2.75) is 135 Å². The number of hydrazine groups is 1. The molecule has 2 aromatic heterocycles. The molecule has 5 heterocycles. The van der Waals surface area contributed by atoms with Crippen molar-refractivity contribution in [2.24, 2.45) is 23.7 Å². The highest BCUT2D eigenvalue weighted by molar-refractivity contribution is 6.00. The highest BCUT2D eigenvalue weighted by Crippen LogP contribution is 2.39. The van der Waals surface area contributed by atoms with Crippen molar-refractivity contribution >= 4 is 23.6 Å². The Bertz CT molecular complexity index is 1690. The Balaban J connectivity index is 1.40. The van der Waals surface area contributed by atoms with Gasteiger partial charge in [-0.2, -0.15) is 0 Å². The first-order chi connectivity index (χ1) is 27.0. The van der Waals surface area contributed by atoms with Gasteiger partial charge < -0.3 is 38.3 Å². The van der Waals surface area contributed by atoms with Crippen molar-refractivity contribution in [3.63, 3.8) is 0 Å². The summed E-state index contributed by atoms with van der Waals surface area (Å²) < 4.78 is 32.7. The van der Waals surface area contributed by atoms with Crippen molar-refractivity contribution < 1.29 is 48.0 Å². The zero-order valence-electron chi connectivity index (χ0n) is 35.0. The number of pyridine rings is 1. The Morgan fingerprint density at radius 1 is 1.07 bits per heavy atom. The number of aromatic nitrogens is 3. The summed E-state index contributed by atoms with van der Waals surface area (Å²) in [5.74, 6) is -5.05. The summed E-state index contributed by atoms with van der Waals surface area (Å²) in [7, 11) is 5.22. The number of carbonyl (C=O) groups is 4. The lowest BCUT2D eigenvalue weighted by atomic mass is 9.75. The van der Waals surface area contributed by atoms with Crippen LogP contribution in [0.25, 0.3) is 11.3 Å². The van der Waals surface area contributed by atoms with Crippen molar-refractivity contribution in [2.75, 3.05) is 27.7 Å². The van der Waals surface area contributed by atoms with E-state index in [0.717, 1.165) is 11.3 Å². The molecule has 16 nitrogen and oxygen atoms in total. The summed E-state index contributed by atoms with van der Waals surface area (Å²) >= 11 is 0. The van der Waals surface area contributed by atoms with E-state index < -0.39 is 83.9 Å². The van der Waals surface area contributed by atoms with Crippen molar-refractivity contribution in [1.82, 2.24) is 29.9 Å². The third-order valence-electron chi connectivity index (χ3n) is 12.0. The number of hydrogen-bond acceptors (Lipinski definition) is 14. The number of aryl methyl sites for hydroxylation is 1. The van der Waals surface area contributed by atoms with Gasteiger partial charge in [0.15, 0.2) is 18.2 Å². The molecule has 0 saturated carbocycles. The summed E-state index contributed by atoms with van der Waals surface area (Å²) in [6, 6.07) is 2.66. The fourth-order valence-electron chi connectivity index (χ4n) is 8.62. The Kier molecular flexibility index (Phi) is 14.7. The van der Waals surface area contributed by atoms with Crippen LogP contribution in [0.3, 0.4) is 0 Å². The van der Waals surface area contributed by atoms with Gasteiger partial charge in [0.25, 0.3) is 0 Å². The second-order valence-electron chi connectivity index (χ2n) is 16.4. The molecule has 0 aliphatic carbocycles. The maximum Gasteiger partial charge on any atom is 0.425 e. The number of rotatable bonds is 11. The first kappa shape index (κ1) is 44.3. The summed E-state index contributed by atoms with van der Waals surface area (Å²) in [6.45, 7) is 13.1. The minimum Gasteiger partial charge on any atom is -0.458 e. The number of nitrogens with one attached hydrogen (secondary N) is 1. The van der Waals surface area contributed by atoms with Gasteiger partial charge in [0, 0.05) is 68.1 Å². The van der Waals surface area contributed by atoms with E-state index in [0.29, 0.717) is 25.9 Å². The number of Topliss-reactive ketones (excluding diaryl/α,β-unsaturated/α-hetero) is 2. The van der Waals surface area contributed by atoms with Crippen LogP contribution in [0.1, 0.15) is 74.1 Å². The van der Waals surface area contributed by atoms with Crippen LogP contribution in [0.5, 0.6) is 0 Å². The molecule has 0 aromatic carbocycles. The average molecular weight is 799 g/mol. The van der Waals surface area contributed by atoms with Crippen molar-refractivity contribution in [1.29, 1.82) is 0 Å². The van der Waals surface area contributed by atoms with Gasteiger partial charge in [-0.15, -0.1) is 0 Å². The molecular formula is C41H62N6O10. The van der Waals surface area contributed by atoms with Gasteiger partial charge in [-0.3, -0.25) is 19.4 Å². The highest BCUT2D eigenvalue weighted by atomic mass is 16.7. The summed E-state index contributed by atoms with van der Waals surface area (Å²) in [6.07, 6.45) is 2.55. The SMILES string of the molecule is CC[C@H]1OC(=O)[C@H](C)C(=O)[C@H](C)[C@@H](OC2O[C@H](C)C[C@H](N(C)C)[C@H]2O)[C@](C)(OC)C[C@@H](C)C(=O)[C@H](C)[C@@H]2C1OC(=O)N2NCCCn1cnc(-c2cccnc2)c1. The van der Waals surface area contributed by atoms with E-state index >= 15 is 0 Å². The number of hydrogen-bond donors (Lipinski definition) is 2. The van der Waals surface area contributed by atoms with Crippen LogP contribution < -0.4 is 5.43 Å². The first-order valence-electron chi connectivity index (χ1n) is 20.1. The molecular weight excluding hydrogens is 736 g/mol. The van der Waals surface area contributed by atoms with Gasteiger partial charge in [-0.25, -0.2) is 20.2 Å². The molecule has 2 aromatic rings. The number of esters is 1. The summed E-state index contributed by atoms with van der Waals surface area (Å²) in [5.41, 5.74) is 3.62. The molecule has 13 atom stereocenters. The third-order valence-corrected chi connectivity index (χ3v) is 12.0. The molecule has 2 unspecified atom stereocenters. The standard InChI is InChI=1S/C41H62N6O10/c1-11-31-36-32(47(40(52)56-36)44-16-13-17-46-21-29(43-22-46)28-14-12-15-42-20-28)25(4)33(48)23(2)19-41(7,53-10)37(26(5)34(49)27(6)38(51)55-31)57-39-35(50)30(45(8)9)18-24(3)54-39/h12,14-15,20-27,30-32,35-37,39,44,50H,11,13,16-19H2,1-10H3/t23-,24-,25-,26+,27-,30+,31-,32-,35-,36?,37-,39?,41-/m1/s1. The minimum atomic E-state index is -1.27. The number of carbonyl (C=O) groups excluding carboxylic acids is 4. The number of aliphatic hydroxyl groups is 1. The number of amides is 1. The number of cyclic esters (lactones) is 1. The zero-order valence-corrected chi connectivity index (χ0v) is 35.0. The molecule has 0 radical (unpaired) electrons. The molecule has 0 bridgehead atoms. The van der Waals surface area contributed by atoms with Gasteiger partial charge >= 0.3 is 12.1 Å². The molecule has 3 fully saturated rings. The van der Waals surface area contributed by atoms with Crippen LogP contribution in [0, 0.1) is 23.7 Å². The smallest absolute Gasteiger partial charge is 0.425 e. The Morgan fingerprint density at radius 3 is 2.46 bits per heavy atom. The predicted molar refractivity (Wildman–Crippen MR) is 208 cm³/mol. The lowest BCUT2D eigenvalue weighted by molar-refractivity contribution is -0.295. The first-order valence-corrected chi connectivity index (χ1v) is 20.1. The zero-order chi connectivity index (χ0) is 41.8. The molecule has 0 spiro atoms.